The van der Waals surface area contributed by atoms with Gasteiger partial charge in [-0.1, -0.05) is 11.6 Å². The second-order valence-electron chi connectivity index (χ2n) is 3.33. The zero-order valence-electron chi connectivity index (χ0n) is 9.74. The topological polar surface area (TPSA) is 136 Å². The van der Waals surface area contributed by atoms with E-state index in [1.165, 1.54) is 0 Å². The second-order valence-corrected chi connectivity index (χ2v) is 6.97. The molecule has 9 nitrogen and oxygen atoms in total. The minimum absolute atomic E-state index is 0.146. The Bertz CT molecular complexity index is 612. The summed E-state index contributed by atoms with van der Waals surface area (Å²) in [6, 6.07) is 0.855. The molecule has 1 rings (SSSR count). The maximum absolute atomic E-state index is 11.8. The molecule has 0 amide bonds. The Kier molecular flexibility index (Phi) is 5.83. The molecule has 0 aromatic carbocycles. The van der Waals surface area contributed by atoms with Crippen LogP contribution in [0.4, 0.5) is 5.69 Å². The van der Waals surface area contributed by atoms with E-state index in [0.29, 0.717) is 11.3 Å². The van der Waals surface area contributed by atoms with Crippen LogP contribution in [0.2, 0.25) is 4.34 Å². The molecule has 1 aromatic rings. The van der Waals surface area contributed by atoms with Gasteiger partial charge in [0.2, 0.25) is 10.0 Å². The summed E-state index contributed by atoms with van der Waals surface area (Å²) in [6.45, 7) is -0.857. The number of thiophene rings is 1. The summed E-state index contributed by atoms with van der Waals surface area (Å²) >= 11 is 6.12. The number of sulfonamides is 1. The summed E-state index contributed by atoms with van der Waals surface area (Å²) in [5, 5.41) is 18.9. The first-order valence-electron chi connectivity index (χ1n) is 4.97. The summed E-state index contributed by atoms with van der Waals surface area (Å²) in [5.74, 6) is -1.17. The van der Waals surface area contributed by atoms with Gasteiger partial charge in [-0.3, -0.25) is 10.1 Å². The Morgan fingerprint density at radius 1 is 1.60 bits per heavy atom. The van der Waals surface area contributed by atoms with E-state index >= 15 is 0 Å². The molecule has 1 heterocycles. The van der Waals surface area contributed by atoms with Gasteiger partial charge in [0.15, 0.2) is 4.34 Å². The number of ether oxygens (including phenoxy) is 1. The van der Waals surface area contributed by atoms with Gasteiger partial charge in [-0.15, -0.1) is 11.3 Å². The van der Waals surface area contributed by atoms with Crippen LogP contribution in [-0.2, 0) is 19.6 Å². The first kappa shape index (κ1) is 16.8. The zero-order valence-corrected chi connectivity index (χ0v) is 12.1. The fraction of sp³-hybridized carbons (Fsp3) is 0.375. The number of nitrogens with one attached hydrogen (secondary N) is 1. The molecule has 20 heavy (non-hydrogen) atoms. The summed E-state index contributed by atoms with van der Waals surface area (Å²) in [5.41, 5.74) is -0.487. The number of aliphatic carboxylic acids is 1. The van der Waals surface area contributed by atoms with E-state index in [1.807, 2.05) is 0 Å². The van der Waals surface area contributed by atoms with Crippen molar-refractivity contribution < 1.29 is 28.0 Å². The molecule has 0 unspecified atom stereocenters. The molecule has 0 atom stereocenters. The van der Waals surface area contributed by atoms with E-state index in [1.54, 1.807) is 0 Å². The van der Waals surface area contributed by atoms with Gasteiger partial charge in [0.05, 0.1) is 11.5 Å². The number of hydrogen-bond donors (Lipinski definition) is 2. The third-order valence-corrected chi connectivity index (χ3v) is 5.14. The molecule has 12 heteroatoms. The normalized spacial score (nSPS) is 11.4. The van der Waals surface area contributed by atoms with Crippen LogP contribution in [-0.4, -0.2) is 44.2 Å². The zero-order chi connectivity index (χ0) is 15.3. The largest absolute Gasteiger partial charge is 0.480 e. The standard InChI is InChI=1S/C8H9ClN2O7S2/c9-8-5(11(14)15)3-7(19-8)20(16,17)10-1-2-18-4-6(12)13/h3,10H,1-2,4H2,(H,12,13). The fourth-order valence-electron chi connectivity index (χ4n) is 1.07. The molecule has 0 fully saturated rings. The van der Waals surface area contributed by atoms with Crippen molar-refractivity contribution in [3.05, 3.63) is 20.5 Å². The quantitative estimate of drug-likeness (QED) is 0.402. The molecule has 112 valence electrons. The highest BCUT2D eigenvalue weighted by atomic mass is 35.5. The van der Waals surface area contributed by atoms with Gasteiger partial charge in [0.25, 0.3) is 5.69 Å². The second kappa shape index (κ2) is 6.95. The predicted molar refractivity (Wildman–Crippen MR) is 69.6 cm³/mol. The Morgan fingerprint density at radius 3 is 2.75 bits per heavy atom. The smallest absolute Gasteiger partial charge is 0.329 e. The van der Waals surface area contributed by atoms with Crippen molar-refractivity contribution in [2.45, 2.75) is 4.21 Å². The van der Waals surface area contributed by atoms with Gasteiger partial charge in [-0.25, -0.2) is 17.9 Å². The Balaban J connectivity index is 2.63. The van der Waals surface area contributed by atoms with Crippen LogP contribution in [0, 0.1) is 10.1 Å². The van der Waals surface area contributed by atoms with E-state index in [9.17, 15) is 23.3 Å². The average Bonchev–Trinajstić information content (AvgIpc) is 2.71. The van der Waals surface area contributed by atoms with E-state index < -0.39 is 33.2 Å². The lowest BCUT2D eigenvalue weighted by atomic mass is 10.6. The SMILES string of the molecule is O=C(O)COCCNS(=O)(=O)c1cc([N+](=O)[O-])c(Cl)s1. The maximum Gasteiger partial charge on any atom is 0.329 e. The first-order valence-corrected chi connectivity index (χ1v) is 7.64. The van der Waals surface area contributed by atoms with E-state index in [0.717, 1.165) is 6.07 Å². The Labute approximate surface area is 122 Å². The number of halogens is 1. The van der Waals surface area contributed by atoms with Crippen LogP contribution in [0.3, 0.4) is 0 Å². The Hall–Kier alpha value is -1.27. The van der Waals surface area contributed by atoms with Crippen LogP contribution in [0.25, 0.3) is 0 Å². The van der Waals surface area contributed by atoms with Gasteiger partial charge in [0.1, 0.15) is 10.8 Å². The minimum atomic E-state index is -3.94. The van der Waals surface area contributed by atoms with E-state index in [4.69, 9.17) is 16.7 Å². The molecule has 0 aliphatic carbocycles. The van der Waals surface area contributed by atoms with Gasteiger partial charge in [0, 0.05) is 12.6 Å². The highest BCUT2D eigenvalue weighted by Crippen LogP contribution is 2.35. The highest BCUT2D eigenvalue weighted by molar-refractivity contribution is 7.91. The first-order chi connectivity index (χ1) is 9.24. The van der Waals surface area contributed by atoms with Crippen LogP contribution < -0.4 is 4.72 Å². The van der Waals surface area contributed by atoms with Crippen LogP contribution in [0.15, 0.2) is 10.3 Å². The molecule has 0 aliphatic heterocycles. The van der Waals surface area contributed by atoms with Crippen molar-refractivity contribution in [3.8, 4) is 0 Å². The van der Waals surface area contributed by atoms with Gasteiger partial charge >= 0.3 is 5.97 Å². The highest BCUT2D eigenvalue weighted by Gasteiger charge is 2.24. The summed E-state index contributed by atoms with van der Waals surface area (Å²) < 4.78 is 29.7. The molecule has 0 saturated carbocycles. The lowest BCUT2D eigenvalue weighted by Gasteiger charge is -2.04. The molecule has 1 aromatic heterocycles. The van der Waals surface area contributed by atoms with E-state index in [-0.39, 0.29) is 21.7 Å². The minimum Gasteiger partial charge on any atom is -0.480 e. The number of carboxylic acids is 1. The molecular formula is C8H9ClN2O7S2. The number of carboxylic acid groups (broad SMARTS) is 1. The Morgan fingerprint density at radius 2 is 2.25 bits per heavy atom. The lowest BCUT2D eigenvalue weighted by Crippen LogP contribution is -2.27. The van der Waals surface area contributed by atoms with Crippen molar-refractivity contribution in [1.29, 1.82) is 0 Å². The van der Waals surface area contributed by atoms with Gasteiger partial charge in [-0.05, 0) is 0 Å². The number of nitrogens with zero attached hydrogens (tertiary/aromatic N) is 1. The molecular weight excluding hydrogens is 336 g/mol. The van der Waals surface area contributed by atoms with Gasteiger partial charge in [-0.2, -0.15) is 0 Å². The summed E-state index contributed by atoms with van der Waals surface area (Å²) in [7, 11) is -3.94. The van der Waals surface area contributed by atoms with Crippen LogP contribution >= 0.6 is 22.9 Å². The summed E-state index contributed by atoms with van der Waals surface area (Å²) in [4.78, 5) is 19.9. The number of carbonyl (C=O) groups is 1. The summed E-state index contributed by atoms with van der Waals surface area (Å²) in [6.07, 6.45) is 0. The van der Waals surface area contributed by atoms with Crippen LogP contribution in [0.1, 0.15) is 0 Å². The van der Waals surface area contributed by atoms with Crippen molar-refractivity contribution in [2.24, 2.45) is 0 Å². The molecule has 0 spiro atoms. The maximum atomic E-state index is 11.8. The monoisotopic (exact) mass is 344 g/mol. The molecule has 0 saturated heterocycles. The fourth-order valence-corrected chi connectivity index (χ4v) is 3.80. The number of rotatable bonds is 8. The number of hydrogen-bond acceptors (Lipinski definition) is 7. The molecule has 0 radical (unpaired) electrons. The lowest BCUT2D eigenvalue weighted by molar-refractivity contribution is -0.384. The van der Waals surface area contributed by atoms with Crippen molar-refractivity contribution in [1.82, 2.24) is 4.72 Å². The van der Waals surface area contributed by atoms with Gasteiger partial charge < -0.3 is 9.84 Å². The third-order valence-electron chi connectivity index (χ3n) is 1.87. The van der Waals surface area contributed by atoms with Crippen LogP contribution in [0.5, 0.6) is 0 Å². The molecule has 2 N–H and O–H groups in total. The van der Waals surface area contributed by atoms with Crippen molar-refractivity contribution in [2.75, 3.05) is 19.8 Å². The van der Waals surface area contributed by atoms with E-state index in [2.05, 4.69) is 9.46 Å². The average molecular weight is 345 g/mol. The molecule has 0 aliphatic rings. The number of nitro groups is 1. The molecule has 0 bridgehead atoms. The van der Waals surface area contributed by atoms with Crippen molar-refractivity contribution in [3.63, 3.8) is 0 Å². The predicted octanol–water partition coefficient (Wildman–Crippen LogP) is 0.689. The van der Waals surface area contributed by atoms with Crippen molar-refractivity contribution >= 4 is 44.6 Å². The third kappa shape index (κ3) is 4.68.